The van der Waals surface area contributed by atoms with Gasteiger partial charge in [0.1, 0.15) is 5.75 Å². The first kappa shape index (κ1) is 9.02. The number of aromatic hydroxyl groups is 1. The van der Waals surface area contributed by atoms with Crippen LogP contribution in [0.15, 0.2) is 23.6 Å². The Bertz CT molecular complexity index is 490. The molecule has 4 heteroatoms. The average molecular weight is 207 g/mol. The fourth-order valence-corrected chi connectivity index (χ4v) is 2.17. The standard InChI is InChI=1S/C10H9NO2S/c1-11-10(13)6-4-8(12)7-2-3-14-9(7)5-6/h2-5,12H,1H3,(H,11,13). The van der Waals surface area contributed by atoms with Crippen molar-refractivity contribution >= 4 is 27.3 Å². The van der Waals surface area contributed by atoms with Crippen molar-refractivity contribution in [1.29, 1.82) is 0 Å². The number of hydrogen-bond donors (Lipinski definition) is 2. The highest BCUT2D eigenvalue weighted by Gasteiger charge is 2.08. The number of rotatable bonds is 1. The summed E-state index contributed by atoms with van der Waals surface area (Å²) in [6, 6.07) is 5.09. The average Bonchev–Trinajstić information content (AvgIpc) is 2.64. The number of fused-ring (bicyclic) bond motifs is 1. The Morgan fingerprint density at radius 1 is 1.50 bits per heavy atom. The number of carbonyl (C=O) groups is 1. The second-order valence-electron chi connectivity index (χ2n) is 2.91. The Hall–Kier alpha value is -1.55. The van der Waals surface area contributed by atoms with Crippen LogP contribution >= 0.6 is 11.3 Å². The Kier molecular flexibility index (Phi) is 2.13. The number of nitrogens with one attached hydrogen (secondary N) is 1. The van der Waals surface area contributed by atoms with E-state index >= 15 is 0 Å². The van der Waals surface area contributed by atoms with E-state index in [0.717, 1.165) is 10.1 Å². The molecule has 1 aromatic heterocycles. The largest absolute Gasteiger partial charge is 0.507 e. The molecule has 2 rings (SSSR count). The van der Waals surface area contributed by atoms with Gasteiger partial charge in [-0.15, -0.1) is 11.3 Å². The molecular weight excluding hydrogens is 198 g/mol. The lowest BCUT2D eigenvalue weighted by Crippen LogP contribution is -2.17. The first-order valence-electron chi connectivity index (χ1n) is 4.14. The molecule has 0 bridgehead atoms. The number of carbonyl (C=O) groups excluding carboxylic acids is 1. The maximum Gasteiger partial charge on any atom is 0.251 e. The first-order valence-corrected chi connectivity index (χ1v) is 5.02. The minimum Gasteiger partial charge on any atom is -0.507 e. The highest BCUT2D eigenvalue weighted by Crippen LogP contribution is 2.30. The van der Waals surface area contributed by atoms with Crippen LogP contribution in [0.1, 0.15) is 10.4 Å². The van der Waals surface area contributed by atoms with Gasteiger partial charge in [0.2, 0.25) is 0 Å². The highest BCUT2D eigenvalue weighted by molar-refractivity contribution is 7.17. The minimum absolute atomic E-state index is 0.155. The molecule has 0 saturated carbocycles. The Morgan fingerprint density at radius 2 is 2.29 bits per heavy atom. The molecule has 14 heavy (non-hydrogen) atoms. The van der Waals surface area contributed by atoms with Crippen LogP contribution in [-0.2, 0) is 0 Å². The topological polar surface area (TPSA) is 49.3 Å². The van der Waals surface area contributed by atoms with E-state index in [-0.39, 0.29) is 11.7 Å². The third kappa shape index (κ3) is 1.33. The maximum atomic E-state index is 11.3. The van der Waals surface area contributed by atoms with Crippen molar-refractivity contribution in [2.45, 2.75) is 0 Å². The zero-order valence-corrected chi connectivity index (χ0v) is 8.39. The molecule has 0 saturated heterocycles. The molecule has 0 atom stereocenters. The minimum atomic E-state index is -0.185. The van der Waals surface area contributed by atoms with Crippen LogP contribution < -0.4 is 5.32 Å². The molecule has 0 aliphatic carbocycles. The van der Waals surface area contributed by atoms with E-state index in [1.54, 1.807) is 13.1 Å². The summed E-state index contributed by atoms with van der Waals surface area (Å²) in [5, 5.41) is 14.8. The van der Waals surface area contributed by atoms with Gasteiger partial charge in [-0.1, -0.05) is 0 Å². The lowest BCUT2D eigenvalue weighted by molar-refractivity contribution is 0.0963. The Balaban J connectivity index is 2.64. The third-order valence-electron chi connectivity index (χ3n) is 2.04. The van der Waals surface area contributed by atoms with E-state index in [1.807, 2.05) is 11.4 Å². The fraction of sp³-hybridized carbons (Fsp3) is 0.100. The van der Waals surface area contributed by atoms with Crippen molar-refractivity contribution in [3.05, 3.63) is 29.1 Å². The van der Waals surface area contributed by atoms with Gasteiger partial charge in [0.15, 0.2) is 0 Å². The molecule has 1 amide bonds. The quantitative estimate of drug-likeness (QED) is 0.751. The molecule has 0 fully saturated rings. The van der Waals surface area contributed by atoms with Crippen LogP contribution in [0.25, 0.3) is 10.1 Å². The monoisotopic (exact) mass is 207 g/mol. The van der Waals surface area contributed by atoms with E-state index in [1.165, 1.54) is 17.4 Å². The van der Waals surface area contributed by atoms with E-state index in [0.29, 0.717) is 5.56 Å². The second-order valence-corrected chi connectivity index (χ2v) is 3.85. The molecule has 1 heterocycles. The molecule has 2 N–H and O–H groups in total. The van der Waals surface area contributed by atoms with E-state index in [2.05, 4.69) is 5.32 Å². The van der Waals surface area contributed by atoms with Gasteiger partial charge >= 0.3 is 0 Å². The molecule has 0 unspecified atom stereocenters. The summed E-state index contributed by atoms with van der Waals surface area (Å²) >= 11 is 1.50. The lowest BCUT2D eigenvalue weighted by atomic mass is 10.1. The number of hydrogen-bond acceptors (Lipinski definition) is 3. The maximum absolute atomic E-state index is 11.3. The molecule has 3 nitrogen and oxygen atoms in total. The molecule has 0 aliphatic rings. The number of benzene rings is 1. The third-order valence-corrected chi connectivity index (χ3v) is 2.90. The van der Waals surface area contributed by atoms with Gasteiger partial charge in [-0.3, -0.25) is 4.79 Å². The van der Waals surface area contributed by atoms with Crippen LogP contribution in [0, 0.1) is 0 Å². The van der Waals surface area contributed by atoms with Gasteiger partial charge in [0.25, 0.3) is 5.91 Å². The fourth-order valence-electron chi connectivity index (χ4n) is 1.33. The number of amides is 1. The van der Waals surface area contributed by atoms with Gasteiger partial charge in [0, 0.05) is 22.7 Å². The summed E-state index contributed by atoms with van der Waals surface area (Å²) in [7, 11) is 1.57. The predicted octanol–water partition coefficient (Wildman–Crippen LogP) is 1.97. The molecule has 2 aromatic rings. The van der Waals surface area contributed by atoms with Crippen LogP contribution in [0.5, 0.6) is 5.75 Å². The smallest absolute Gasteiger partial charge is 0.251 e. The Labute approximate surface area is 85.0 Å². The summed E-state index contributed by atoms with van der Waals surface area (Å²) in [5.41, 5.74) is 0.486. The van der Waals surface area contributed by atoms with Gasteiger partial charge in [-0.2, -0.15) is 0 Å². The highest BCUT2D eigenvalue weighted by atomic mass is 32.1. The van der Waals surface area contributed by atoms with Crippen molar-refractivity contribution < 1.29 is 9.90 Å². The number of thiophene rings is 1. The first-order chi connectivity index (χ1) is 6.72. The van der Waals surface area contributed by atoms with Gasteiger partial charge in [0.05, 0.1) is 0 Å². The van der Waals surface area contributed by atoms with Crippen LogP contribution in [-0.4, -0.2) is 18.1 Å². The van der Waals surface area contributed by atoms with Crippen molar-refractivity contribution in [2.24, 2.45) is 0 Å². The zero-order chi connectivity index (χ0) is 10.1. The summed E-state index contributed by atoms with van der Waals surface area (Å²) in [6.07, 6.45) is 0. The molecule has 0 aliphatic heterocycles. The van der Waals surface area contributed by atoms with Crippen molar-refractivity contribution in [2.75, 3.05) is 7.05 Å². The second kappa shape index (κ2) is 3.31. The Morgan fingerprint density at radius 3 is 3.00 bits per heavy atom. The molecule has 0 spiro atoms. The normalized spacial score (nSPS) is 10.4. The van der Waals surface area contributed by atoms with Crippen LogP contribution in [0.4, 0.5) is 0 Å². The van der Waals surface area contributed by atoms with E-state index < -0.39 is 0 Å². The SMILES string of the molecule is CNC(=O)c1cc(O)c2ccsc2c1. The molecule has 0 radical (unpaired) electrons. The van der Waals surface area contributed by atoms with Crippen LogP contribution in [0.2, 0.25) is 0 Å². The van der Waals surface area contributed by atoms with E-state index in [4.69, 9.17) is 0 Å². The van der Waals surface area contributed by atoms with Gasteiger partial charge < -0.3 is 10.4 Å². The summed E-state index contributed by atoms with van der Waals surface area (Å²) in [4.78, 5) is 11.3. The van der Waals surface area contributed by atoms with Crippen molar-refractivity contribution in [3.63, 3.8) is 0 Å². The van der Waals surface area contributed by atoms with Crippen LogP contribution in [0.3, 0.4) is 0 Å². The summed E-state index contributed by atoms with van der Waals surface area (Å²) < 4.78 is 0.920. The molecule has 1 aromatic carbocycles. The van der Waals surface area contributed by atoms with Gasteiger partial charge in [-0.25, -0.2) is 0 Å². The zero-order valence-electron chi connectivity index (χ0n) is 7.57. The lowest BCUT2D eigenvalue weighted by Gasteiger charge is -2.01. The number of phenols is 1. The van der Waals surface area contributed by atoms with Crippen molar-refractivity contribution in [3.8, 4) is 5.75 Å². The predicted molar refractivity (Wildman–Crippen MR) is 56.9 cm³/mol. The summed E-state index contributed by atoms with van der Waals surface area (Å²) in [6.45, 7) is 0. The molecule has 72 valence electrons. The van der Waals surface area contributed by atoms with Crippen molar-refractivity contribution in [1.82, 2.24) is 5.32 Å². The van der Waals surface area contributed by atoms with E-state index in [9.17, 15) is 9.90 Å². The summed E-state index contributed by atoms with van der Waals surface area (Å²) in [5.74, 6) is -0.0297. The van der Waals surface area contributed by atoms with Gasteiger partial charge in [-0.05, 0) is 23.6 Å². The molecular formula is C10H9NO2S. The number of phenolic OH excluding ortho intramolecular Hbond substituents is 1.